The van der Waals surface area contributed by atoms with E-state index in [1.54, 1.807) is 0 Å². The highest BCUT2D eigenvalue weighted by molar-refractivity contribution is 5.73. The molecule has 11 heteroatoms. The third-order valence-electron chi connectivity index (χ3n) is 12.3. The summed E-state index contributed by atoms with van der Waals surface area (Å²) in [6.07, 6.45) is 49.8. The highest BCUT2D eigenvalue weighted by Crippen LogP contribution is 2.23. The molecule has 1 heterocycles. The van der Waals surface area contributed by atoms with E-state index in [-0.39, 0.29) is 19.4 Å². The second-order valence-corrected chi connectivity index (χ2v) is 18.7. The van der Waals surface area contributed by atoms with Crippen LogP contribution in [0.4, 0.5) is 0 Å². The molecule has 0 spiro atoms. The molecule has 0 radical (unpaired) electrons. The molecule has 0 saturated carbocycles. The number of carboxylic acids is 1. The van der Waals surface area contributed by atoms with Crippen LogP contribution in [0.2, 0.25) is 0 Å². The average molecular weight is 959 g/mol. The van der Waals surface area contributed by atoms with E-state index in [9.17, 15) is 34.8 Å². The fourth-order valence-electron chi connectivity index (χ4n) is 8.03. The number of rotatable bonds is 46. The minimum atomic E-state index is -1.87. The van der Waals surface area contributed by atoms with Crippen LogP contribution in [-0.4, -0.2) is 88.4 Å². The van der Waals surface area contributed by atoms with Crippen LogP contribution in [-0.2, 0) is 33.3 Å². The van der Waals surface area contributed by atoms with Crippen molar-refractivity contribution >= 4 is 17.9 Å². The molecular weight excluding hydrogens is 861 g/mol. The number of carboxylic acid groups (broad SMARTS) is 1. The number of allylic oxidation sites excluding steroid dienone is 10. The summed E-state index contributed by atoms with van der Waals surface area (Å²) in [6.45, 7) is 3.79. The van der Waals surface area contributed by atoms with Crippen molar-refractivity contribution in [2.75, 3.05) is 13.2 Å². The van der Waals surface area contributed by atoms with Crippen LogP contribution in [0.5, 0.6) is 0 Å². The Morgan fingerprint density at radius 2 is 0.824 bits per heavy atom. The Labute approximate surface area is 413 Å². The van der Waals surface area contributed by atoms with Crippen LogP contribution in [0.3, 0.4) is 0 Å². The predicted octanol–water partition coefficient (Wildman–Crippen LogP) is 13.4. The lowest BCUT2D eigenvalue weighted by molar-refractivity contribution is -0.298. The summed E-state index contributed by atoms with van der Waals surface area (Å²) in [5.41, 5.74) is 0. The van der Waals surface area contributed by atoms with Crippen molar-refractivity contribution in [2.45, 2.75) is 269 Å². The third kappa shape index (κ3) is 36.8. The van der Waals surface area contributed by atoms with Gasteiger partial charge in [0.1, 0.15) is 24.9 Å². The Morgan fingerprint density at radius 3 is 1.26 bits per heavy atom. The van der Waals surface area contributed by atoms with Crippen LogP contribution < -0.4 is 0 Å². The third-order valence-corrected chi connectivity index (χ3v) is 12.3. The van der Waals surface area contributed by atoms with Crippen LogP contribution in [0, 0.1) is 0 Å². The number of hydrogen-bond acceptors (Lipinski definition) is 10. The standard InChI is InChI=1S/C57H98O11/c1-3-5-7-9-11-13-15-17-19-21-23-24-25-26-28-30-32-34-36-38-40-42-44-46-51(59)67-49(48-66-57-54(62)52(60)53(61)55(68-57)56(63)64)47-65-50(58)45-43-41-39-37-35-33-31-29-27-22-20-18-16-14-12-10-8-6-4-2/h12,14-15,17-18,20-21,23,27,29,49,52-55,57,60-62H,3-11,13,16,19,22,24-26,28,30-48H2,1-2H3,(H,63,64)/b14-12-,17-15-,20-18-,23-21-,29-27-. The van der Waals surface area contributed by atoms with Gasteiger partial charge >= 0.3 is 17.9 Å². The van der Waals surface area contributed by atoms with Crippen LogP contribution in [0.15, 0.2) is 60.8 Å². The Morgan fingerprint density at radius 1 is 0.456 bits per heavy atom. The molecule has 0 amide bonds. The fourth-order valence-corrected chi connectivity index (χ4v) is 8.03. The van der Waals surface area contributed by atoms with Gasteiger partial charge in [-0.15, -0.1) is 0 Å². The monoisotopic (exact) mass is 959 g/mol. The minimum absolute atomic E-state index is 0.176. The number of ether oxygens (including phenoxy) is 4. The molecule has 1 saturated heterocycles. The lowest BCUT2D eigenvalue weighted by Crippen LogP contribution is -2.60. The van der Waals surface area contributed by atoms with Crippen molar-refractivity contribution in [2.24, 2.45) is 0 Å². The van der Waals surface area contributed by atoms with E-state index in [1.807, 2.05) is 0 Å². The number of esters is 2. The fraction of sp³-hybridized carbons (Fsp3) is 0.772. The summed E-state index contributed by atoms with van der Waals surface area (Å²) in [4.78, 5) is 37.1. The zero-order valence-electron chi connectivity index (χ0n) is 42.8. The van der Waals surface area contributed by atoms with Crippen molar-refractivity contribution in [3.05, 3.63) is 60.8 Å². The summed E-state index contributed by atoms with van der Waals surface area (Å²) in [6, 6.07) is 0. The van der Waals surface area contributed by atoms with Gasteiger partial charge in [-0.25, -0.2) is 4.79 Å². The first-order chi connectivity index (χ1) is 33.2. The van der Waals surface area contributed by atoms with Gasteiger partial charge in [0.15, 0.2) is 18.5 Å². The molecule has 1 aliphatic heterocycles. The van der Waals surface area contributed by atoms with E-state index >= 15 is 0 Å². The molecule has 1 fully saturated rings. The highest BCUT2D eigenvalue weighted by atomic mass is 16.7. The molecule has 0 aromatic rings. The first kappa shape index (κ1) is 62.9. The first-order valence-corrected chi connectivity index (χ1v) is 27.3. The summed E-state index contributed by atoms with van der Waals surface area (Å²) >= 11 is 0. The zero-order valence-corrected chi connectivity index (χ0v) is 42.8. The second-order valence-electron chi connectivity index (χ2n) is 18.7. The summed E-state index contributed by atoms with van der Waals surface area (Å²) < 4.78 is 21.8. The van der Waals surface area contributed by atoms with Crippen molar-refractivity contribution in [3.63, 3.8) is 0 Å². The van der Waals surface area contributed by atoms with Crippen LogP contribution in [0.1, 0.15) is 232 Å². The van der Waals surface area contributed by atoms with Gasteiger partial charge < -0.3 is 39.4 Å². The largest absolute Gasteiger partial charge is 0.479 e. The molecule has 1 rings (SSSR count). The number of hydrogen-bond donors (Lipinski definition) is 4. The van der Waals surface area contributed by atoms with Crippen molar-refractivity contribution in [1.82, 2.24) is 0 Å². The van der Waals surface area contributed by atoms with Gasteiger partial charge in [-0.2, -0.15) is 0 Å². The normalized spacial score (nSPS) is 19.3. The van der Waals surface area contributed by atoms with E-state index in [0.717, 1.165) is 77.0 Å². The first-order valence-electron chi connectivity index (χ1n) is 27.3. The van der Waals surface area contributed by atoms with E-state index < -0.39 is 61.3 Å². The second kappa shape index (κ2) is 46.3. The van der Waals surface area contributed by atoms with Gasteiger partial charge in [0, 0.05) is 12.8 Å². The summed E-state index contributed by atoms with van der Waals surface area (Å²) in [5, 5.41) is 40.0. The highest BCUT2D eigenvalue weighted by Gasteiger charge is 2.47. The minimum Gasteiger partial charge on any atom is -0.479 e. The molecule has 0 aromatic heterocycles. The topological polar surface area (TPSA) is 169 Å². The summed E-state index contributed by atoms with van der Waals surface area (Å²) in [7, 11) is 0. The maximum absolute atomic E-state index is 12.9. The molecule has 0 aliphatic carbocycles. The lowest BCUT2D eigenvalue weighted by atomic mass is 9.99. The van der Waals surface area contributed by atoms with Gasteiger partial charge in [0.2, 0.25) is 0 Å². The Bertz CT molecular complexity index is 1360. The number of aliphatic hydroxyl groups excluding tert-OH is 3. The zero-order chi connectivity index (χ0) is 49.6. The molecule has 4 N–H and O–H groups in total. The van der Waals surface area contributed by atoms with Gasteiger partial charge in [-0.3, -0.25) is 9.59 Å². The molecule has 392 valence electrons. The van der Waals surface area contributed by atoms with E-state index in [4.69, 9.17) is 18.9 Å². The number of unbranched alkanes of at least 4 members (excludes halogenated alkanes) is 25. The Balaban J connectivity index is 2.28. The Kier molecular flexibility index (Phi) is 42.8. The number of carbonyl (C=O) groups is 3. The molecule has 6 atom stereocenters. The van der Waals surface area contributed by atoms with E-state index in [0.29, 0.717) is 12.8 Å². The lowest BCUT2D eigenvalue weighted by Gasteiger charge is -2.38. The molecule has 1 aliphatic rings. The smallest absolute Gasteiger partial charge is 0.335 e. The molecule has 11 nitrogen and oxygen atoms in total. The maximum atomic E-state index is 12.9. The van der Waals surface area contributed by atoms with Gasteiger partial charge in [-0.05, 0) is 83.5 Å². The molecule has 6 unspecified atom stereocenters. The molecule has 0 bridgehead atoms. The van der Waals surface area contributed by atoms with Crippen molar-refractivity contribution < 1.29 is 53.8 Å². The van der Waals surface area contributed by atoms with Gasteiger partial charge in [-0.1, -0.05) is 197 Å². The van der Waals surface area contributed by atoms with E-state index in [2.05, 4.69) is 74.6 Å². The molecule has 0 aromatic carbocycles. The van der Waals surface area contributed by atoms with Crippen LogP contribution >= 0.6 is 0 Å². The number of aliphatic hydroxyl groups is 3. The average Bonchev–Trinajstić information content (AvgIpc) is 3.32. The van der Waals surface area contributed by atoms with Crippen molar-refractivity contribution in [3.8, 4) is 0 Å². The summed E-state index contributed by atoms with van der Waals surface area (Å²) in [5.74, 6) is -2.46. The number of carbonyl (C=O) groups excluding carboxylic acids is 2. The maximum Gasteiger partial charge on any atom is 0.335 e. The molecule has 68 heavy (non-hydrogen) atoms. The van der Waals surface area contributed by atoms with E-state index in [1.165, 1.54) is 116 Å². The SMILES string of the molecule is CCCCC/C=C\C/C=C\C/C=C\CCCCCCCCC(=O)OCC(COC1OC(C(=O)O)C(O)C(O)C1O)OC(=O)CCCCCCCCCCCCC/C=C\C/C=C\CCCCCCC. The Hall–Kier alpha value is -3.09. The van der Waals surface area contributed by atoms with Gasteiger partial charge in [0.05, 0.1) is 6.61 Å². The van der Waals surface area contributed by atoms with Crippen molar-refractivity contribution in [1.29, 1.82) is 0 Å². The predicted molar refractivity (Wildman–Crippen MR) is 275 cm³/mol. The number of aliphatic carboxylic acids is 1. The quantitative estimate of drug-likeness (QED) is 0.0260. The molecular formula is C57H98O11. The van der Waals surface area contributed by atoms with Gasteiger partial charge in [0.25, 0.3) is 0 Å². The van der Waals surface area contributed by atoms with Crippen LogP contribution in [0.25, 0.3) is 0 Å².